The van der Waals surface area contributed by atoms with Gasteiger partial charge in [0.05, 0.1) is 33.4 Å². The van der Waals surface area contributed by atoms with Crippen molar-refractivity contribution in [3.05, 3.63) is 47.5 Å². The summed E-state index contributed by atoms with van der Waals surface area (Å²) in [5.41, 5.74) is 8.33. The van der Waals surface area contributed by atoms with E-state index in [1.165, 1.54) is 0 Å². The average molecular weight is 344 g/mol. The molecule has 3 N–H and O–H groups in total. The summed E-state index contributed by atoms with van der Waals surface area (Å²) in [7, 11) is 4.71. The van der Waals surface area contributed by atoms with Crippen molar-refractivity contribution in [3.8, 4) is 17.2 Å². The van der Waals surface area contributed by atoms with Gasteiger partial charge >= 0.3 is 0 Å². The Labute approximate surface area is 147 Å². The SMILES string of the molecule is COc1cc(OC)c(CNC(=O)CCc2ccccc2N)c(OC)c1. The molecule has 2 aromatic carbocycles. The highest BCUT2D eigenvalue weighted by atomic mass is 16.5. The summed E-state index contributed by atoms with van der Waals surface area (Å²) in [6, 6.07) is 11.1. The molecule has 25 heavy (non-hydrogen) atoms. The van der Waals surface area contributed by atoms with Gasteiger partial charge in [-0.3, -0.25) is 4.79 Å². The molecule has 0 unspecified atom stereocenters. The molecule has 0 aromatic heterocycles. The Hall–Kier alpha value is -2.89. The van der Waals surface area contributed by atoms with E-state index in [-0.39, 0.29) is 5.91 Å². The van der Waals surface area contributed by atoms with Crippen LogP contribution in [0.2, 0.25) is 0 Å². The number of methoxy groups -OCH3 is 3. The first kappa shape index (κ1) is 18.4. The molecule has 6 nitrogen and oxygen atoms in total. The van der Waals surface area contributed by atoms with Crippen molar-refractivity contribution in [2.75, 3.05) is 27.1 Å². The number of anilines is 1. The van der Waals surface area contributed by atoms with Crippen molar-refractivity contribution >= 4 is 11.6 Å². The van der Waals surface area contributed by atoms with Crippen molar-refractivity contribution in [2.24, 2.45) is 0 Å². The predicted molar refractivity (Wildman–Crippen MR) is 97.1 cm³/mol. The normalized spacial score (nSPS) is 10.2. The van der Waals surface area contributed by atoms with Crippen LogP contribution in [0.5, 0.6) is 17.2 Å². The quantitative estimate of drug-likeness (QED) is 0.719. The summed E-state index contributed by atoms with van der Waals surface area (Å²) in [6.07, 6.45) is 0.949. The zero-order chi connectivity index (χ0) is 18.2. The molecule has 2 aromatic rings. The Balaban J connectivity index is 2.00. The van der Waals surface area contributed by atoms with Crippen molar-refractivity contribution in [1.29, 1.82) is 0 Å². The Bertz CT molecular complexity index is 706. The number of nitrogens with two attached hydrogens (primary N) is 1. The molecule has 0 aliphatic carbocycles. The molecule has 0 aliphatic heterocycles. The third-order valence-corrected chi connectivity index (χ3v) is 3.96. The van der Waals surface area contributed by atoms with Crippen LogP contribution < -0.4 is 25.3 Å². The molecule has 134 valence electrons. The van der Waals surface area contributed by atoms with Gasteiger partial charge in [-0.15, -0.1) is 0 Å². The van der Waals surface area contributed by atoms with Gasteiger partial charge in [-0.05, 0) is 18.1 Å². The van der Waals surface area contributed by atoms with Crippen LogP contribution in [0.15, 0.2) is 36.4 Å². The van der Waals surface area contributed by atoms with Crippen LogP contribution in [0.3, 0.4) is 0 Å². The topological polar surface area (TPSA) is 82.8 Å². The Morgan fingerprint density at radius 3 is 2.24 bits per heavy atom. The van der Waals surface area contributed by atoms with Crippen LogP contribution >= 0.6 is 0 Å². The highest BCUT2D eigenvalue weighted by Gasteiger charge is 2.14. The van der Waals surface area contributed by atoms with Gasteiger partial charge in [-0.1, -0.05) is 18.2 Å². The first-order valence-corrected chi connectivity index (χ1v) is 7.98. The summed E-state index contributed by atoms with van der Waals surface area (Å²) >= 11 is 0. The lowest BCUT2D eigenvalue weighted by molar-refractivity contribution is -0.121. The highest BCUT2D eigenvalue weighted by molar-refractivity contribution is 5.76. The van der Waals surface area contributed by atoms with Gasteiger partial charge in [0, 0.05) is 24.2 Å². The highest BCUT2D eigenvalue weighted by Crippen LogP contribution is 2.33. The van der Waals surface area contributed by atoms with E-state index in [9.17, 15) is 4.79 Å². The zero-order valence-electron chi connectivity index (χ0n) is 14.8. The molecular formula is C19H24N2O4. The lowest BCUT2D eigenvalue weighted by Crippen LogP contribution is -2.23. The minimum atomic E-state index is -0.0665. The zero-order valence-corrected chi connectivity index (χ0v) is 14.8. The second-order valence-electron chi connectivity index (χ2n) is 5.49. The molecular weight excluding hydrogens is 320 g/mol. The number of benzene rings is 2. The van der Waals surface area contributed by atoms with E-state index in [2.05, 4.69) is 5.32 Å². The molecule has 0 heterocycles. The smallest absolute Gasteiger partial charge is 0.220 e. The Kier molecular flexibility index (Phi) is 6.51. The second-order valence-corrected chi connectivity index (χ2v) is 5.49. The summed E-state index contributed by atoms with van der Waals surface area (Å²) in [5, 5.41) is 2.90. The van der Waals surface area contributed by atoms with Crippen LogP contribution in [-0.4, -0.2) is 27.2 Å². The summed E-state index contributed by atoms with van der Waals surface area (Å²) in [6.45, 7) is 0.305. The molecule has 1 amide bonds. The van der Waals surface area contributed by atoms with E-state index >= 15 is 0 Å². The van der Waals surface area contributed by atoms with E-state index in [1.54, 1.807) is 33.5 Å². The summed E-state index contributed by atoms with van der Waals surface area (Å²) in [5.74, 6) is 1.76. The van der Waals surface area contributed by atoms with Crippen LogP contribution in [0.25, 0.3) is 0 Å². The van der Waals surface area contributed by atoms with Gasteiger partial charge in [0.15, 0.2) is 0 Å². The maximum Gasteiger partial charge on any atom is 0.220 e. The fourth-order valence-corrected chi connectivity index (χ4v) is 2.54. The fourth-order valence-electron chi connectivity index (χ4n) is 2.54. The minimum Gasteiger partial charge on any atom is -0.496 e. The molecule has 0 fully saturated rings. The number of nitrogen functional groups attached to an aromatic ring is 1. The molecule has 0 atom stereocenters. The van der Waals surface area contributed by atoms with Crippen LogP contribution in [0.4, 0.5) is 5.69 Å². The number of hydrogen-bond acceptors (Lipinski definition) is 5. The average Bonchev–Trinajstić information content (AvgIpc) is 2.64. The van der Waals surface area contributed by atoms with Gasteiger partial charge in [0.25, 0.3) is 0 Å². The molecule has 0 bridgehead atoms. The van der Waals surface area contributed by atoms with E-state index in [4.69, 9.17) is 19.9 Å². The van der Waals surface area contributed by atoms with Gasteiger partial charge in [-0.25, -0.2) is 0 Å². The molecule has 6 heteroatoms. The van der Waals surface area contributed by atoms with Gasteiger partial charge < -0.3 is 25.3 Å². The number of rotatable bonds is 8. The number of ether oxygens (including phenoxy) is 3. The fraction of sp³-hybridized carbons (Fsp3) is 0.316. The van der Waals surface area contributed by atoms with Crippen molar-refractivity contribution < 1.29 is 19.0 Å². The third-order valence-electron chi connectivity index (χ3n) is 3.96. The van der Waals surface area contributed by atoms with Crippen molar-refractivity contribution in [2.45, 2.75) is 19.4 Å². The largest absolute Gasteiger partial charge is 0.496 e. The minimum absolute atomic E-state index is 0.0665. The first-order valence-electron chi connectivity index (χ1n) is 7.98. The summed E-state index contributed by atoms with van der Waals surface area (Å²) < 4.78 is 16.0. The molecule has 0 spiro atoms. The Morgan fingerprint density at radius 2 is 1.68 bits per heavy atom. The lowest BCUT2D eigenvalue weighted by Gasteiger charge is -2.15. The van der Waals surface area contributed by atoms with Crippen LogP contribution in [0, 0.1) is 0 Å². The molecule has 0 saturated heterocycles. The standard InChI is InChI=1S/C19H24N2O4/c1-23-14-10-17(24-2)15(18(11-14)25-3)12-21-19(22)9-8-13-6-4-5-7-16(13)20/h4-7,10-11H,8-9,12,20H2,1-3H3,(H,21,22). The molecule has 2 rings (SSSR count). The van der Waals surface area contributed by atoms with Gasteiger partial charge in [0.1, 0.15) is 17.2 Å². The van der Waals surface area contributed by atoms with Crippen LogP contribution in [-0.2, 0) is 17.8 Å². The Morgan fingerprint density at radius 1 is 1.04 bits per heavy atom. The first-order chi connectivity index (χ1) is 12.1. The predicted octanol–water partition coefficient (Wildman–Crippen LogP) is 2.54. The third kappa shape index (κ3) is 4.79. The number of carbonyl (C=O) groups excluding carboxylic acids is 1. The van der Waals surface area contributed by atoms with E-state index < -0.39 is 0 Å². The molecule has 0 aliphatic rings. The molecule has 0 radical (unpaired) electrons. The van der Waals surface area contributed by atoms with Crippen molar-refractivity contribution in [3.63, 3.8) is 0 Å². The molecule has 0 saturated carbocycles. The maximum absolute atomic E-state index is 12.2. The number of nitrogens with one attached hydrogen (secondary N) is 1. The number of para-hydroxylation sites is 1. The van der Waals surface area contributed by atoms with Crippen LogP contribution in [0.1, 0.15) is 17.5 Å². The lowest BCUT2D eigenvalue weighted by atomic mass is 10.1. The van der Waals surface area contributed by atoms with Gasteiger partial charge in [-0.2, -0.15) is 0 Å². The van der Waals surface area contributed by atoms with Gasteiger partial charge in [0.2, 0.25) is 5.91 Å². The number of amides is 1. The number of aryl methyl sites for hydroxylation is 1. The second kappa shape index (κ2) is 8.82. The number of hydrogen-bond donors (Lipinski definition) is 2. The van der Waals surface area contributed by atoms with E-state index in [0.717, 1.165) is 11.1 Å². The number of carbonyl (C=O) groups is 1. The summed E-state index contributed by atoms with van der Waals surface area (Å²) in [4.78, 5) is 12.2. The maximum atomic E-state index is 12.2. The van der Waals surface area contributed by atoms with E-state index in [1.807, 2.05) is 24.3 Å². The van der Waals surface area contributed by atoms with Crippen molar-refractivity contribution in [1.82, 2.24) is 5.32 Å². The monoisotopic (exact) mass is 344 g/mol. The van der Waals surface area contributed by atoms with E-state index in [0.29, 0.717) is 42.3 Å².